The van der Waals surface area contributed by atoms with Gasteiger partial charge >= 0.3 is 0 Å². The van der Waals surface area contributed by atoms with Crippen molar-refractivity contribution in [1.82, 2.24) is 10.6 Å². The summed E-state index contributed by atoms with van der Waals surface area (Å²) in [5.41, 5.74) is 3.55. The van der Waals surface area contributed by atoms with Crippen molar-refractivity contribution in [1.29, 1.82) is 0 Å². The molecule has 0 spiro atoms. The van der Waals surface area contributed by atoms with E-state index < -0.39 is 0 Å². The van der Waals surface area contributed by atoms with Crippen LogP contribution < -0.4 is 20.1 Å². The molecule has 0 fully saturated rings. The Morgan fingerprint density at radius 3 is 2.55 bits per heavy atom. The highest BCUT2D eigenvalue weighted by Crippen LogP contribution is 2.26. The first kappa shape index (κ1) is 22.6. The number of methoxy groups -OCH3 is 1. The molecule has 0 aromatic heterocycles. The topological polar surface area (TPSA) is 59.6 Å². The summed E-state index contributed by atoms with van der Waals surface area (Å²) in [5, 5.41) is 8.66. The van der Waals surface area contributed by atoms with Crippen molar-refractivity contribution in [2.45, 2.75) is 18.8 Å². The van der Waals surface area contributed by atoms with Crippen LogP contribution in [0, 0.1) is 0 Å². The number of nitrogens with one attached hydrogen (secondary N) is 2. The van der Waals surface area contributed by atoms with Crippen LogP contribution in [0.4, 0.5) is 0 Å². The molecular formula is C23H28N2O3S. The fourth-order valence-corrected chi connectivity index (χ4v) is 3.32. The van der Waals surface area contributed by atoms with Crippen LogP contribution in [0.15, 0.2) is 60.0 Å². The van der Waals surface area contributed by atoms with Crippen molar-refractivity contribution in [2.75, 3.05) is 20.8 Å². The minimum atomic E-state index is 0.280. The average Bonchev–Trinajstić information content (AvgIpc) is 3.26. The van der Waals surface area contributed by atoms with Gasteiger partial charge in [-0.25, -0.2) is 0 Å². The molecule has 3 rings (SSSR count). The molecule has 0 amide bonds. The maximum atomic E-state index is 10.2. The highest BCUT2D eigenvalue weighted by atomic mass is 32.2. The zero-order valence-electron chi connectivity index (χ0n) is 17.1. The predicted octanol–water partition coefficient (Wildman–Crippen LogP) is 4.52. The number of para-hydroxylation sites is 1. The predicted molar refractivity (Wildman–Crippen MR) is 122 cm³/mol. The Hall–Kier alpha value is -2.70. The molecule has 2 N–H and O–H groups in total. The van der Waals surface area contributed by atoms with E-state index in [2.05, 4.69) is 35.1 Å². The summed E-state index contributed by atoms with van der Waals surface area (Å²) in [4.78, 5) is 10.2. The summed E-state index contributed by atoms with van der Waals surface area (Å²) in [7, 11) is 3.62. The molecule has 0 bridgehead atoms. The normalized spacial score (nSPS) is 15.1. The minimum absolute atomic E-state index is 0.280. The third kappa shape index (κ3) is 7.33. The number of aldehydes is 1. The zero-order chi connectivity index (χ0) is 20.9. The average molecular weight is 413 g/mol. The van der Waals surface area contributed by atoms with E-state index in [9.17, 15) is 4.79 Å². The second-order valence-corrected chi connectivity index (χ2v) is 7.07. The van der Waals surface area contributed by atoms with Gasteiger partial charge in [-0.05, 0) is 66.9 Å². The van der Waals surface area contributed by atoms with Gasteiger partial charge in [0.15, 0.2) is 0 Å². The van der Waals surface area contributed by atoms with Gasteiger partial charge in [0.2, 0.25) is 0 Å². The molecule has 1 aliphatic heterocycles. The summed E-state index contributed by atoms with van der Waals surface area (Å²) >= 11 is 1.74. The van der Waals surface area contributed by atoms with Gasteiger partial charge in [0.1, 0.15) is 23.3 Å². The van der Waals surface area contributed by atoms with E-state index >= 15 is 0 Å². The summed E-state index contributed by atoms with van der Waals surface area (Å²) < 4.78 is 10.6. The lowest BCUT2D eigenvalue weighted by Gasteiger charge is -2.11. The number of thioether (sulfide) groups is 1. The number of hydrogen-bond acceptors (Lipinski definition) is 6. The van der Waals surface area contributed by atoms with E-state index in [0.717, 1.165) is 35.5 Å². The second kappa shape index (κ2) is 12.7. The molecule has 1 atom stereocenters. The molecule has 1 unspecified atom stereocenters. The molecule has 1 aliphatic rings. The zero-order valence-corrected chi connectivity index (χ0v) is 17.9. The lowest BCUT2D eigenvalue weighted by atomic mass is 10.2. The molecule has 1 heterocycles. The Labute approximate surface area is 177 Å². The molecule has 0 saturated carbocycles. The quantitative estimate of drug-likeness (QED) is 0.491. The van der Waals surface area contributed by atoms with E-state index in [4.69, 9.17) is 9.47 Å². The first-order valence-electron chi connectivity index (χ1n) is 9.49. The number of ether oxygens (including phenoxy) is 2. The summed E-state index contributed by atoms with van der Waals surface area (Å²) in [6.45, 7) is 2.76. The van der Waals surface area contributed by atoms with Gasteiger partial charge < -0.3 is 14.8 Å². The summed E-state index contributed by atoms with van der Waals surface area (Å²) in [5.74, 6) is 1.71. The van der Waals surface area contributed by atoms with Gasteiger partial charge in [0.25, 0.3) is 0 Å². The third-order valence-electron chi connectivity index (χ3n) is 4.01. The molecular weight excluding hydrogens is 384 g/mol. The van der Waals surface area contributed by atoms with Crippen molar-refractivity contribution in [3.05, 3.63) is 71.1 Å². The van der Waals surface area contributed by atoms with Crippen LogP contribution in [0.25, 0.3) is 11.8 Å². The highest BCUT2D eigenvalue weighted by molar-refractivity contribution is 8.03. The van der Waals surface area contributed by atoms with Gasteiger partial charge in [-0.3, -0.25) is 10.1 Å². The van der Waals surface area contributed by atoms with Crippen molar-refractivity contribution in [3.63, 3.8) is 0 Å². The minimum Gasteiger partial charge on any atom is -0.497 e. The first-order chi connectivity index (χ1) is 14.2. The molecule has 2 aromatic carbocycles. The maximum Gasteiger partial charge on any atom is 0.142 e. The number of carbonyl (C=O) groups excluding carboxylic acids is 1. The fourth-order valence-electron chi connectivity index (χ4n) is 2.51. The summed E-state index contributed by atoms with van der Waals surface area (Å²) in [6.07, 6.45) is 4.95. The van der Waals surface area contributed by atoms with E-state index in [1.165, 1.54) is 11.6 Å². The number of hydrogen-bond donors (Lipinski definition) is 2. The van der Waals surface area contributed by atoms with Crippen molar-refractivity contribution >= 4 is 29.8 Å². The standard InChI is InChI=1S/C12H14O2.C11H14N2OS/c1-2-10-14-12-8-4-3-6-11(12)7-5-9-13;1-12-11-13-10(7-15-11)8-3-5-9(14-2)6-4-8/h3-9H,2,10H2,1H3;3-7,11-13H,1-2H3/b7-5+;. The molecule has 29 heavy (non-hydrogen) atoms. The van der Waals surface area contributed by atoms with Crippen LogP contribution >= 0.6 is 11.8 Å². The number of allylic oxidation sites excluding steroid dienone is 1. The lowest BCUT2D eigenvalue weighted by molar-refractivity contribution is -0.104. The lowest BCUT2D eigenvalue weighted by Crippen LogP contribution is -2.32. The van der Waals surface area contributed by atoms with Gasteiger partial charge in [0, 0.05) is 11.3 Å². The molecule has 0 saturated heterocycles. The monoisotopic (exact) mass is 412 g/mol. The molecule has 6 heteroatoms. The van der Waals surface area contributed by atoms with Gasteiger partial charge in [-0.1, -0.05) is 36.9 Å². The van der Waals surface area contributed by atoms with Gasteiger partial charge in [-0.15, -0.1) is 0 Å². The number of carbonyl (C=O) groups is 1. The van der Waals surface area contributed by atoms with Gasteiger partial charge in [0.05, 0.1) is 13.7 Å². The maximum absolute atomic E-state index is 10.2. The SMILES string of the molecule is CCCOc1ccccc1/C=C/C=O.CNC1NC(c2ccc(OC)cc2)=CS1. The number of rotatable bonds is 8. The smallest absolute Gasteiger partial charge is 0.142 e. The van der Waals surface area contributed by atoms with Crippen molar-refractivity contribution < 1.29 is 14.3 Å². The Morgan fingerprint density at radius 1 is 1.17 bits per heavy atom. The molecule has 0 radical (unpaired) electrons. The third-order valence-corrected chi connectivity index (χ3v) is 5.00. The van der Waals surface area contributed by atoms with Crippen molar-refractivity contribution in [3.8, 4) is 11.5 Å². The van der Waals surface area contributed by atoms with Crippen LogP contribution in [0.5, 0.6) is 11.5 Å². The Kier molecular flexibility index (Phi) is 9.89. The van der Waals surface area contributed by atoms with E-state index in [1.54, 1.807) is 24.9 Å². The number of benzene rings is 2. The molecule has 5 nitrogen and oxygen atoms in total. The van der Waals surface area contributed by atoms with E-state index in [1.807, 2.05) is 43.4 Å². The van der Waals surface area contributed by atoms with Crippen molar-refractivity contribution in [2.24, 2.45) is 0 Å². The van der Waals surface area contributed by atoms with Crippen LogP contribution in [0.3, 0.4) is 0 Å². The molecule has 154 valence electrons. The van der Waals surface area contributed by atoms with E-state index in [0.29, 0.717) is 6.61 Å². The highest BCUT2D eigenvalue weighted by Gasteiger charge is 2.15. The van der Waals surface area contributed by atoms with Crippen LogP contribution in [0.2, 0.25) is 0 Å². The van der Waals surface area contributed by atoms with Crippen LogP contribution in [0.1, 0.15) is 24.5 Å². The fraction of sp³-hybridized carbons (Fsp3) is 0.261. The first-order valence-corrected chi connectivity index (χ1v) is 10.4. The van der Waals surface area contributed by atoms with E-state index in [-0.39, 0.29) is 5.50 Å². The Bertz CT molecular complexity index is 819. The Balaban J connectivity index is 0.000000208. The van der Waals surface area contributed by atoms with Crippen LogP contribution in [-0.4, -0.2) is 32.5 Å². The van der Waals surface area contributed by atoms with Gasteiger partial charge in [-0.2, -0.15) is 0 Å². The molecule has 2 aromatic rings. The Morgan fingerprint density at radius 2 is 1.93 bits per heavy atom. The molecule has 0 aliphatic carbocycles. The van der Waals surface area contributed by atoms with Crippen LogP contribution in [-0.2, 0) is 4.79 Å². The summed E-state index contributed by atoms with van der Waals surface area (Å²) in [6, 6.07) is 15.7. The largest absolute Gasteiger partial charge is 0.497 e. The second-order valence-electron chi connectivity index (χ2n) is 6.09.